The molecule has 0 aromatic heterocycles. The number of imide groups is 1. The molecule has 1 unspecified atom stereocenters. The van der Waals surface area contributed by atoms with E-state index in [4.69, 9.17) is 28.9 Å². The average molecular weight is 330 g/mol. The summed E-state index contributed by atoms with van der Waals surface area (Å²) >= 11 is 11.8. The maximum absolute atomic E-state index is 12.5. The highest BCUT2D eigenvalue weighted by Crippen LogP contribution is 2.29. The Balaban J connectivity index is 2.38. The van der Waals surface area contributed by atoms with Gasteiger partial charge in [0, 0.05) is 5.56 Å². The Morgan fingerprint density at radius 2 is 1.95 bits per heavy atom. The molecule has 8 heteroatoms. The predicted molar refractivity (Wildman–Crippen MR) is 79.1 cm³/mol. The zero-order valence-electron chi connectivity index (χ0n) is 11.2. The van der Waals surface area contributed by atoms with E-state index in [0.29, 0.717) is 6.42 Å². The van der Waals surface area contributed by atoms with Crippen LogP contribution in [0.3, 0.4) is 0 Å². The van der Waals surface area contributed by atoms with Gasteiger partial charge in [-0.05, 0) is 18.6 Å². The lowest BCUT2D eigenvalue weighted by atomic mass is 10.1. The van der Waals surface area contributed by atoms with Crippen LogP contribution in [0.4, 0.5) is 5.69 Å². The molecule has 0 radical (unpaired) electrons. The summed E-state index contributed by atoms with van der Waals surface area (Å²) in [5.41, 5.74) is 5.98. The van der Waals surface area contributed by atoms with E-state index >= 15 is 0 Å². The van der Waals surface area contributed by atoms with Gasteiger partial charge in [-0.1, -0.05) is 30.1 Å². The van der Waals surface area contributed by atoms with Crippen LogP contribution in [-0.2, 0) is 9.59 Å². The topological polar surface area (TPSA) is 92.5 Å². The summed E-state index contributed by atoms with van der Waals surface area (Å²) in [6.07, 6.45) is 0.390. The van der Waals surface area contributed by atoms with Gasteiger partial charge in [0.25, 0.3) is 5.91 Å². The molecule has 3 amide bonds. The van der Waals surface area contributed by atoms with Gasteiger partial charge in [0.1, 0.15) is 12.6 Å². The lowest BCUT2D eigenvalue weighted by Crippen LogP contribution is -2.59. The second kappa shape index (κ2) is 5.91. The molecular weight excluding hydrogens is 317 g/mol. The molecule has 1 aromatic rings. The number of anilines is 1. The Labute approximate surface area is 131 Å². The molecule has 1 aliphatic rings. The molecular formula is C13H13Cl2N3O3. The van der Waals surface area contributed by atoms with Gasteiger partial charge in [0.2, 0.25) is 11.8 Å². The van der Waals surface area contributed by atoms with Crippen molar-refractivity contribution in [3.05, 3.63) is 27.7 Å². The molecule has 1 fully saturated rings. The highest BCUT2D eigenvalue weighted by molar-refractivity contribution is 6.39. The van der Waals surface area contributed by atoms with Crippen molar-refractivity contribution in [1.29, 1.82) is 0 Å². The van der Waals surface area contributed by atoms with E-state index in [-0.39, 0.29) is 27.8 Å². The number of carbonyl (C=O) groups is 3. The van der Waals surface area contributed by atoms with E-state index in [9.17, 15) is 14.4 Å². The molecule has 1 heterocycles. The lowest BCUT2D eigenvalue weighted by Gasteiger charge is -2.33. The molecule has 0 spiro atoms. The number of nitrogens with one attached hydrogen (secondary N) is 1. The molecule has 112 valence electrons. The summed E-state index contributed by atoms with van der Waals surface area (Å²) in [4.78, 5) is 37.0. The van der Waals surface area contributed by atoms with Crippen LogP contribution in [0.2, 0.25) is 10.0 Å². The summed E-state index contributed by atoms with van der Waals surface area (Å²) in [5, 5.41) is 2.49. The lowest BCUT2D eigenvalue weighted by molar-refractivity contribution is -0.138. The Kier molecular flexibility index (Phi) is 4.39. The average Bonchev–Trinajstić information content (AvgIpc) is 2.42. The monoisotopic (exact) mass is 329 g/mol. The van der Waals surface area contributed by atoms with Crippen molar-refractivity contribution in [3.8, 4) is 0 Å². The number of halogens is 2. The molecule has 0 aliphatic carbocycles. The first-order valence-corrected chi connectivity index (χ1v) is 7.00. The summed E-state index contributed by atoms with van der Waals surface area (Å²) in [6.45, 7) is 1.56. The number of benzene rings is 1. The number of amides is 3. The van der Waals surface area contributed by atoms with Crippen molar-refractivity contribution in [2.75, 3.05) is 12.3 Å². The van der Waals surface area contributed by atoms with Crippen LogP contribution in [0.5, 0.6) is 0 Å². The van der Waals surface area contributed by atoms with Crippen LogP contribution in [0, 0.1) is 0 Å². The van der Waals surface area contributed by atoms with E-state index in [1.807, 2.05) is 0 Å². The number of piperazine rings is 1. The van der Waals surface area contributed by atoms with Gasteiger partial charge in [-0.15, -0.1) is 0 Å². The van der Waals surface area contributed by atoms with Crippen molar-refractivity contribution < 1.29 is 14.4 Å². The van der Waals surface area contributed by atoms with E-state index < -0.39 is 23.8 Å². The van der Waals surface area contributed by atoms with Gasteiger partial charge in [-0.2, -0.15) is 0 Å². The number of hydrogen-bond donors (Lipinski definition) is 2. The molecule has 3 N–H and O–H groups in total. The van der Waals surface area contributed by atoms with Gasteiger partial charge in [0.05, 0.1) is 15.7 Å². The van der Waals surface area contributed by atoms with Crippen LogP contribution in [0.1, 0.15) is 23.7 Å². The maximum atomic E-state index is 12.5. The predicted octanol–water partition coefficient (Wildman–Crippen LogP) is 1.45. The number of nitrogens with two attached hydrogens (primary N) is 1. The smallest absolute Gasteiger partial charge is 0.255 e. The third-order valence-electron chi connectivity index (χ3n) is 3.23. The molecule has 1 aromatic carbocycles. The standard InChI is InChI=1S/C13H13Cl2N3O3/c1-2-9-12(20)17-10(19)5-18(9)13(21)6-3-7(14)11(16)8(15)4-6/h3-4,9H,2,5,16H2,1H3,(H,17,19,20). The van der Waals surface area contributed by atoms with Crippen LogP contribution < -0.4 is 11.1 Å². The van der Waals surface area contributed by atoms with Crippen LogP contribution in [0.15, 0.2) is 12.1 Å². The van der Waals surface area contributed by atoms with Crippen molar-refractivity contribution in [3.63, 3.8) is 0 Å². The normalized spacial score (nSPS) is 18.6. The third-order valence-corrected chi connectivity index (χ3v) is 3.85. The van der Waals surface area contributed by atoms with Crippen LogP contribution in [-0.4, -0.2) is 35.2 Å². The van der Waals surface area contributed by atoms with Crippen LogP contribution in [0.25, 0.3) is 0 Å². The van der Waals surface area contributed by atoms with Gasteiger partial charge in [0.15, 0.2) is 0 Å². The number of hydrogen-bond acceptors (Lipinski definition) is 4. The largest absolute Gasteiger partial charge is 0.396 e. The van der Waals surface area contributed by atoms with E-state index in [0.717, 1.165) is 0 Å². The van der Waals surface area contributed by atoms with Crippen molar-refractivity contribution >= 4 is 46.6 Å². The van der Waals surface area contributed by atoms with Crippen LogP contribution >= 0.6 is 23.2 Å². The highest BCUT2D eigenvalue weighted by Gasteiger charge is 2.36. The number of carbonyl (C=O) groups excluding carboxylic acids is 3. The summed E-state index contributed by atoms with van der Waals surface area (Å²) in [7, 11) is 0. The Morgan fingerprint density at radius 1 is 1.38 bits per heavy atom. The van der Waals surface area contributed by atoms with Gasteiger partial charge in [-0.25, -0.2) is 0 Å². The van der Waals surface area contributed by atoms with Crippen molar-refractivity contribution in [2.24, 2.45) is 0 Å². The Morgan fingerprint density at radius 3 is 2.48 bits per heavy atom. The minimum atomic E-state index is -0.703. The fourth-order valence-electron chi connectivity index (χ4n) is 2.16. The summed E-state index contributed by atoms with van der Waals surface area (Å²) in [5.74, 6) is -1.51. The van der Waals surface area contributed by atoms with Gasteiger partial charge in [-0.3, -0.25) is 19.7 Å². The van der Waals surface area contributed by atoms with Gasteiger partial charge >= 0.3 is 0 Å². The second-order valence-corrected chi connectivity index (χ2v) is 5.44. The molecule has 1 saturated heterocycles. The minimum absolute atomic E-state index is 0.145. The summed E-state index contributed by atoms with van der Waals surface area (Å²) in [6, 6.07) is 2.04. The first-order valence-electron chi connectivity index (χ1n) is 6.24. The zero-order valence-corrected chi connectivity index (χ0v) is 12.7. The molecule has 21 heavy (non-hydrogen) atoms. The number of nitrogens with zero attached hydrogens (tertiary/aromatic N) is 1. The highest BCUT2D eigenvalue weighted by atomic mass is 35.5. The first kappa shape index (κ1) is 15.6. The minimum Gasteiger partial charge on any atom is -0.396 e. The third kappa shape index (κ3) is 2.96. The number of nitrogen functional groups attached to an aromatic ring is 1. The van der Waals surface area contributed by atoms with Crippen molar-refractivity contribution in [1.82, 2.24) is 10.2 Å². The fraction of sp³-hybridized carbons (Fsp3) is 0.308. The SMILES string of the molecule is CCC1C(=O)NC(=O)CN1C(=O)c1cc(Cl)c(N)c(Cl)c1. The van der Waals surface area contributed by atoms with Gasteiger partial charge < -0.3 is 10.6 Å². The quantitative estimate of drug-likeness (QED) is 0.634. The number of rotatable bonds is 2. The fourth-order valence-corrected chi connectivity index (χ4v) is 2.65. The van der Waals surface area contributed by atoms with E-state index in [1.165, 1.54) is 17.0 Å². The molecule has 1 atom stereocenters. The Bertz CT molecular complexity index is 610. The molecule has 6 nitrogen and oxygen atoms in total. The molecule has 0 saturated carbocycles. The molecule has 2 rings (SSSR count). The molecule has 1 aliphatic heterocycles. The first-order chi connectivity index (χ1) is 9.85. The van der Waals surface area contributed by atoms with Crippen molar-refractivity contribution in [2.45, 2.75) is 19.4 Å². The summed E-state index contributed by atoms with van der Waals surface area (Å²) < 4.78 is 0. The second-order valence-electron chi connectivity index (χ2n) is 4.62. The Hall–Kier alpha value is -1.79. The zero-order chi connectivity index (χ0) is 15.7. The van der Waals surface area contributed by atoms with E-state index in [2.05, 4.69) is 5.32 Å². The molecule has 0 bridgehead atoms. The van der Waals surface area contributed by atoms with E-state index in [1.54, 1.807) is 6.92 Å². The maximum Gasteiger partial charge on any atom is 0.255 e.